The Balaban J connectivity index is 1.72. The van der Waals surface area contributed by atoms with Gasteiger partial charge in [-0.25, -0.2) is 0 Å². The van der Waals surface area contributed by atoms with Gasteiger partial charge in [-0.05, 0) is 37.0 Å². The highest BCUT2D eigenvalue weighted by Gasteiger charge is 2.21. The zero-order chi connectivity index (χ0) is 16.4. The van der Waals surface area contributed by atoms with Crippen LogP contribution in [0.3, 0.4) is 0 Å². The predicted octanol–water partition coefficient (Wildman–Crippen LogP) is 2.17. The lowest BCUT2D eigenvalue weighted by Crippen LogP contribution is -2.48. The Morgan fingerprint density at radius 1 is 1.04 bits per heavy atom. The molecule has 2 heterocycles. The number of piperazine rings is 1. The molecule has 2 fully saturated rings. The van der Waals surface area contributed by atoms with E-state index >= 15 is 0 Å². The smallest absolute Gasteiger partial charge is 0.219 e. The van der Waals surface area contributed by atoms with E-state index < -0.39 is 0 Å². The van der Waals surface area contributed by atoms with E-state index in [4.69, 9.17) is 5.73 Å². The van der Waals surface area contributed by atoms with Crippen LogP contribution in [0.5, 0.6) is 0 Å². The second kappa shape index (κ2) is 6.69. The minimum Gasteiger partial charge on any atom is -0.397 e. The van der Waals surface area contributed by atoms with Gasteiger partial charge in [-0.2, -0.15) is 0 Å². The van der Waals surface area contributed by atoms with Gasteiger partial charge in [-0.15, -0.1) is 0 Å². The maximum atomic E-state index is 11.5. The minimum atomic E-state index is 0.171. The molecule has 126 valence electrons. The van der Waals surface area contributed by atoms with E-state index in [1.54, 1.807) is 6.92 Å². The number of amides is 1. The zero-order valence-electron chi connectivity index (χ0n) is 14.3. The van der Waals surface area contributed by atoms with Crippen LogP contribution in [0.1, 0.15) is 26.7 Å². The Morgan fingerprint density at radius 2 is 1.70 bits per heavy atom. The second-order valence-electron chi connectivity index (χ2n) is 6.91. The number of carbonyl (C=O) groups is 1. The summed E-state index contributed by atoms with van der Waals surface area (Å²) >= 11 is 0. The monoisotopic (exact) mass is 316 g/mol. The average molecular weight is 316 g/mol. The number of hydrogen-bond acceptors (Lipinski definition) is 4. The molecular weight excluding hydrogens is 288 g/mol. The summed E-state index contributed by atoms with van der Waals surface area (Å²) in [6.45, 7) is 9.53. The molecule has 0 aliphatic carbocycles. The third-order valence-corrected chi connectivity index (χ3v) is 5.23. The molecule has 2 N–H and O–H groups in total. The molecule has 23 heavy (non-hydrogen) atoms. The molecule has 1 amide bonds. The minimum absolute atomic E-state index is 0.171. The standard InChI is InChI=1S/C18H28N4O/c1-14-5-7-22(8-6-14)18-13-16(3-4-17(18)19)21-11-9-20(10-12-21)15(2)23/h3-4,13-14H,5-12,19H2,1-2H3. The van der Waals surface area contributed by atoms with E-state index in [1.165, 1.54) is 24.2 Å². The van der Waals surface area contributed by atoms with Gasteiger partial charge in [0.05, 0.1) is 11.4 Å². The summed E-state index contributed by atoms with van der Waals surface area (Å²) in [6, 6.07) is 6.36. The number of piperidine rings is 1. The maximum Gasteiger partial charge on any atom is 0.219 e. The van der Waals surface area contributed by atoms with Crippen molar-refractivity contribution >= 4 is 23.0 Å². The summed E-state index contributed by atoms with van der Waals surface area (Å²) in [4.78, 5) is 18.2. The quantitative estimate of drug-likeness (QED) is 0.850. The predicted molar refractivity (Wildman–Crippen MR) is 95.9 cm³/mol. The van der Waals surface area contributed by atoms with E-state index in [-0.39, 0.29) is 5.91 Å². The molecule has 1 aromatic rings. The van der Waals surface area contributed by atoms with Crippen LogP contribution < -0.4 is 15.5 Å². The van der Waals surface area contributed by atoms with Gasteiger partial charge in [0.1, 0.15) is 0 Å². The molecule has 0 atom stereocenters. The SMILES string of the molecule is CC(=O)N1CCN(c2ccc(N)c(N3CCC(C)CC3)c2)CC1. The Bertz CT molecular complexity index is 558. The van der Waals surface area contributed by atoms with E-state index in [9.17, 15) is 4.79 Å². The first-order valence-corrected chi connectivity index (χ1v) is 8.69. The molecule has 2 aliphatic rings. The molecule has 0 bridgehead atoms. The first-order chi connectivity index (χ1) is 11.0. The van der Waals surface area contributed by atoms with Crippen molar-refractivity contribution in [1.29, 1.82) is 0 Å². The maximum absolute atomic E-state index is 11.5. The highest BCUT2D eigenvalue weighted by molar-refractivity contribution is 5.75. The Kier molecular flexibility index (Phi) is 4.64. The number of nitrogens with two attached hydrogens (primary N) is 1. The van der Waals surface area contributed by atoms with E-state index in [2.05, 4.69) is 28.9 Å². The topological polar surface area (TPSA) is 52.8 Å². The largest absolute Gasteiger partial charge is 0.397 e. The van der Waals surface area contributed by atoms with Crippen molar-refractivity contribution in [2.24, 2.45) is 5.92 Å². The van der Waals surface area contributed by atoms with Crippen LogP contribution in [0.25, 0.3) is 0 Å². The van der Waals surface area contributed by atoms with Crippen molar-refractivity contribution in [2.75, 3.05) is 54.8 Å². The number of hydrogen-bond donors (Lipinski definition) is 1. The Morgan fingerprint density at radius 3 is 2.30 bits per heavy atom. The molecule has 1 aromatic carbocycles. The van der Waals surface area contributed by atoms with E-state index in [0.29, 0.717) is 0 Å². The fourth-order valence-corrected chi connectivity index (χ4v) is 3.53. The van der Waals surface area contributed by atoms with Crippen LogP contribution in [0, 0.1) is 5.92 Å². The summed E-state index contributed by atoms with van der Waals surface area (Å²) < 4.78 is 0. The normalized spacial score (nSPS) is 20.0. The number of nitrogen functional groups attached to an aromatic ring is 1. The lowest BCUT2D eigenvalue weighted by atomic mass is 9.98. The zero-order valence-corrected chi connectivity index (χ0v) is 14.3. The van der Waals surface area contributed by atoms with Gasteiger partial charge in [-0.3, -0.25) is 4.79 Å². The third kappa shape index (κ3) is 3.54. The van der Waals surface area contributed by atoms with Gasteiger partial charge in [0.15, 0.2) is 0 Å². The van der Waals surface area contributed by atoms with Crippen molar-refractivity contribution in [3.63, 3.8) is 0 Å². The average Bonchev–Trinajstić information content (AvgIpc) is 2.56. The molecule has 0 aromatic heterocycles. The van der Waals surface area contributed by atoms with Gasteiger partial charge in [0, 0.05) is 51.9 Å². The highest BCUT2D eigenvalue weighted by Crippen LogP contribution is 2.32. The fourth-order valence-electron chi connectivity index (χ4n) is 3.53. The number of rotatable bonds is 2. The first kappa shape index (κ1) is 16.0. The van der Waals surface area contributed by atoms with Crippen LogP contribution in [-0.4, -0.2) is 50.1 Å². The van der Waals surface area contributed by atoms with Crippen molar-refractivity contribution in [3.8, 4) is 0 Å². The van der Waals surface area contributed by atoms with E-state index in [1.807, 2.05) is 11.0 Å². The van der Waals surface area contributed by atoms with Gasteiger partial charge in [-0.1, -0.05) is 6.92 Å². The lowest BCUT2D eigenvalue weighted by molar-refractivity contribution is -0.129. The van der Waals surface area contributed by atoms with Gasteiger partial charge >= 0.3 is 0 Å². The number of nitrogens with zero attached hydrogens (tertiary/aromatic N) is 3. The van der Waals surface area contributed by atoms with Crippen molar-refractivity contribution in [3.05, 3.63) is 18.2 Å². The fraction of sp³-hybridized carbons (Fsp3) is 0.611. The molecule has 0 unspecified atom stereocenters. The lowest BCUT2D eigenvalue weighted by Gasteiger charge is -2.37. The molecule has 2 aliphatic heterocycles. The molecule has 5 nitrogen and oxygen atoms in total. The molecule has 2 saturated heterocycles. The molecular formula is C18H28N4O. The second-order valence-corrected chi connectivity index (χ2v) is 6.91. The van der Waals surface area contributed by atoms with Gasteiger partial charge in [0.25, 0.3) is 0 Å². The van der Waals surface area contributed by atoms with E-state index in [0.717, 1.165) is 50.9 Å². The number of benzene rings is 1. The molecule has 0 spiro atoms. The molecule has 0 saturated carbocycles. The Hall–Kier alpha value is -1.91. The summed E-state index contributed by atoms with van der Waals surface area (Å²) in [5.41, 5.74) is 9.49. The highest BCUT2D eigenvalue weighted by atomic mass is 16.2. The first-order valence-electron chi connectivity index (χ1n) is 8.69. The van der Waals surface area contributed by atoms with Crippen molar-refractivity contribution in [2.45, 2.75) is 26.7 Å². The number of anilines is 3. The summed E-state index contributed by atoms with van der Waals surface area (Å²) in [5, 5.41) is 0. The van der Waals surface area contributed by atoms with Gasteiger partial charge in [0.2, 0.25) is 5.91 Å². The Labute approximate surface area is 139 Å². The van der Waals surface area contributed by atoms with Crippen LogP contribution in [0.2, 0.25) is 0 Å². The summed E-state index contributed by atoms with van der Waals surface area (Å²) in [7, 11) is 0. The summed E-state index contributed by atoms with van der Waals surface area (Å²) in [6.07, 6.45) is 2.47. The van der Waals surface area contributed by atoms with Crippen molar-refractivity contribution in [1.82, 2.24) is 4.90 Å². The summed E-state index contributed by atoms with van der Waals surface area (Å²) in [5.74, 6) is 0.986. The van der Waals surface area contributed by atoms with Gasteiger partial charge < -0.3 is 20.4 Å². The van der Waals surface area contributed by atoms with Crippen LogP contribution in [0.15, 0.2) is 18.2 Å². The molecule has 5 heteroatoms. The van der Waals surface area contributed by atoms with Crippen molar-refractivity contribution < 1.29 is 4.79 Å². The van der Waals surface area contributed by atoms with Crippen LogP contribution >= 0.6 is 0 Å². The van der Waals surface area contributed by atoms with Crippen LogP contribution in [0.4, 0.5) is 17.1 Å². The van der Waals surface area contributed by atoms with Crippen LogP contribution in [-0.2, 0) is 4.79 Å². The third-order valence-electron chi connectivity index (χ3n) is 5.23. The molecule has 3 rings (SSSR count). The molecule has 0 radical (unpaired) electrons. The number of carbonyl (C=O) groups excluding carboxylic acids is 1.